The van der Waals surface area contributed by atoms with E-state index in [1.165, 1.54) is 6.33 Å². The molecule has 0 aliphatic heterocycles. The summed E-state index contributed by atoms with van der Waals surface area (Å²) in [5.74, 6) is 0.663. The first-order valence-electron chi connectivity index (χ1n) is 6.34. The van der Waals surface area contributed by atoms with Crippen LogP contribution < -0.4 is 10.1 Å². The summed E-state index contributed by atoms with van der Waals surface area (Å²) in [6, 6.07) is 0.0379. The highest BCUT2D eigenvalue weighted by atomic mass is 35.5. The van der Waals surface area contributed by atoms with Gasteiger partial charge in [-0.05, 0) is 31.6 Å². The standard InChI is InChI=1S/C12H15Cl2N3O3/c13-10-9(11(14)16-6-15-10)20-5-7-1-3-8(4-2-7)17-12(18)19/h6-8,17H,1-5H2,(H,18,19)/t7-,8+. The van der Waals surface area contributed by atoms with E-state index in [0.717, 1.165) is 25.7 Å². The van der Waals surface area contributed by atoms with Crippen LogP contribution in [0.25, 0.3) is 0 Å². The molecule has 0 unspecified atom stereocenters. The predicted octanol–water partition coefficient (Wildman–Crippen LogP) is 2.99. The maximum absolute atomic E-state index is 10.6. The predicted molar refractivity (Wildman–Crippen MR) is 74.5 cm³/mol. The second kappa shape index (κ2) is 6.95. The van der Waals surface area contributed by atoms with Gasteiger partial charge in [0.2, 0.25) is 0 Å². The van der Waals surface area contributed by atoms with Gasteiger partial charge in [-0.2, -0.15) is 0 Å². The lowest BCUT2D eigenvalue weighted by atomic mass is 9.86. The van der Waals surface area contributed by atoms with Crippen molar-refractivity contribution in [2.24, 2.45) is 5.92 Å². The Kier molecular flexibility index (Phi) is 5.25. The normalized spacial score (nSPS) is 22.3. The number of hydrogen-bond acceptors (Lipinski definition) is 4. The topological polar surface area (TPSA) is 84.3 Å². The molecule has 0 atom stereocenters. The molecule has 1 aliphatic rings. The van der Waals surface area contributed by atoms with E-state index in [2.05, 4.69) is 15.3 Å². The summed E-state index contributed by atoms with van der Waals surface area (Å²) in [5.41, 5.74) is 0. The van der Waals surface area contributed by atoms with Crippen molar-refractivity contribution in [3.8, 4) is 5.75 Å². The van der Waals surface area contributed by atoms with Gasteiger partial charge in [-0.25, -0.2) is 14.8 Å². The van der Waals surface area contributed by atoms with Crippen LogP contribution in [-0.2, 0) is 0 Å². The van der Waals surface area contributed by atoms with Crippen LogP contribution in [0.15, 0.2) is 6.33 Å². The number of hydrogen-bond donors (Lipinski definition) is 2. The molecule has 0 aromatic carbocycles. The molecule has 1 fully saturated rings. The van der Waals surface area contributed by atoms with E-state index >= 15 is 0 Å². The molecule has 1 amide bonds. The monoisotopic (exact) mass is 319 g/mol. The summed E-state index contributed by atoms with van der Waals surface area (Å²) in [7, 11) is 0. The Morgan fingerprint density at radius 3 is 2.45 bits per heavy atom. The Balaban J connectivity index is 1.80. The first-order valence-corrected chi connectivity index (χ1v) is 7.10. The number of halogens is 2. The Morgan fingerprint density at radius 2 is 1.90 bits per heavy atom. The maximum Gasteiger partial charge on any atom is 0.404 e. The number of nitrogens with zero attached hydrogens (tertiary/aromatic N) is 2. The highest BCUT2D eigenvalue weighted by Gasteiger charge is 2.23. The molecular weight excluding hydrogens is 305 g/mol. The highest BCUT2D eigenvalue weighted by molar-refractivity contribution is 6.35. The average Bonchev–Trinajstić information content (AvgIpc) is 2.39. The van der Waals surface area contributed by atoms with Crippen LogP contribution in [0.2, 0.25) is 10.3 Å². The third kappa shape index (κ3) is 4.11. The summed E-state index contributed by atoms with van der Waals surface area (Å²) in [6.45, 7) is 0.479. The zero-order chi connectivity index (χ0) is 14.5. The van der Waals surface area contributed by atoms with Crippen molar-refractivity contribution in [3.05, 3.63) is 16.6 Å². The number of amides is 1. The Morgan fingerprint density at radius 1 is 1.30 bits per heavy atom. The SMILES string of the molecule is O=C(O)N[C@H]1CC[C@@H](COc2c(Cl)ncnc2Cl)CC1. The first kappa shape index (κ1) is 15.1. The zero-order valence-electron chi connectivity index (χ0n) is 10.7. The zero-order valence-corrected chi connectivity index (χ0v) is 12.2. The van der Waals surface area contributed by atoms with E-state index in [9.17, 15) is 4.79 Å². The Bertz CT molecular complexity index is 459. The van der Waals surface area contributed by atoms with Crippen molar-refractivity contribution in [1.82, 2.24) is 15.3 Å². The molecule has 110 valence electrons. The molecule has 0 spiro atoms. The van der Waals surface area contributed by atoms with E-state index in [-0.39, 0.29) is 16.3 Å². The molecule has 1 aliphatic carbocycles. The van der Waals surface area contributed by atoms with Gasteiger partial charge in [-0.1, -0.05) is 23.2 Å². The van der Waals surface area contributed by atoms with Gasteiger partial charge in [0.05, 0.1) is 6.61 Å². The molecular formula is C12H15Cl2N3O3. The molecule has 20 heavy (non-hydrogen) atoms. The molecule has 1 saturated carbocycles. The molecule has 1 aromatic rings. The smallest absolute Gasteiger partial charge is 0.404 e. The van der Waals surface area contributed by atoms with Crippen LogP contribution in [0.3, 0.4) is 0 Å². The highest BCUT2D eigenvalue weighted by Crippen LogP contribution is 2.31. The lowest BCUT2D eigenvalue weighted by molar-refractivity contribution is 0.169. The van der Waals surface area contributed by atoms with Gasteiger partial charge in [0.25, 0.3) is 0 Å². The minimum absolute atomic E-state index is 0.0379. The van der Waals surface area contributed by atoms with Crippen LogP contribution in [-0.4, -0.2) is 33.8 Å². The van der Waals surface area contributed by atoms with Gasteiger partial charge in [0, 0.05) is 6.04 Å². The molecule has 2 N–H and O–H groups in total. The van der Waals surface area contributed by atoms with Gasteiger partial charge in [0.1, 0.15) is 6.33 Å². The van der Waals surface area contributed by atoms with Crippen molar-refractivity contribution in [3.63, 3.8) is 0 Å². The number of carboxylic acid groups (broad SMARTS) is 1. The minimum Gasteiger partial charge on any atom is -0.487 e. The summed E-state index contributed by atoms with van der Waals surface area (Å²) < 4.78 is 5.60. The molecule has 0 radical (unpaired) electrons. The molecule has 1 aromatic heterocycles. The number of rotatable bonds is 4. The fourth-order valence-electron chi connectivity index (χ4n) is 2.30. The fourth-order valence-corrected chi connectivity index (χ4v) is 2.72. The van der Waals surface area contributed by atoms with Crippen molar-refractivity contribution in [2.45, 2.75) is 31.7 Å². The van der Waals surface area contributed by atoms with E-state index in [1.54, 1.807) is 0 Å². The molecule has 0 bridgehead atoms. The minimum atomic E-state index is -0.968. The summed E-state index contributed by atoms with van der Waals surface area (Å²) in [5, 5.41) is 11.6. The van der Waals surface area contributed by atoms with E-state index < -0.39 is 6.09 Å². The number of nitrogens with one attached hydrogen (secondary N) is 1. The first-order chi connectivity index (χ1) is 9.56. The van der Waals surface area contributed by atoms with Gasteiger partial charge in [0.15, 0.2) is 16.1 Å². The van der Waals surface area contributed by atoms with Crippen LogP contribution in [0.1, 0.15) is 25.7 Å². The van der Waals surface area contributed by atoms with Crippen molar-refractivity contribution >= 4 is 29.3 Å². The summed E-state index contributed by atoms with van der Waals surface area (Å²) in [4.78, 5) is 18.2. The molecule has 1 heterocycles. The average molecular weight is 320 g/mol. The van der Waals surface area contributed by atoms with Crippen LogP contribution >= 0.6 is 23.2 Å². The molecule has 0 saturated heterocycles. The largest absolute Gasteiger partial charge is 0.487 e. The van der Waals surface area contributed by atoms with Crippen molar-refractivity contribution in [2.75, 3.05) is 6.61 Å². The maximum atomic E-state index is 10.6. The summed E-state index contributed by atoms with van der Waals surface area (Å²) >= 11 is 11.8. The molecule has 2 rings (SSSR count). The van der Waals surface area contributed by atoms with Crippen molar-refractivity contribution in [1.29, 1.82) is 0 Å². The van der Waals surface area contributed by atoms with E-state index in [1.807, 2.05) is 0 Å². The number of ether oxygens (including phenoxy) is 1. The third-order valence-corrected chi connectivity index (χ3v) is 3.89. The van der Waals surface area contributed by atoms with Gasteiger partial charge >= 0.3 is 6.09 Å². The Hall–Kier alpha value is -1.27. The second-order valence-corrected chi connectivity index (χ2v) is 5.48. The Labute approximate surface area is 126 Å². The van der Waals surface area contributed by atoms with Gasteiger partial charge in [-0.15, -0.1) is 0 Å². The lowest BCUT2D eigenvalue weighted by Gasteiger charge is -2.28. The fraction of sp³-hybridized carbons (Fsp3) is 0.583. The molecule has 8 heteroatoms. The van der Waals surface area contributed by atoms with E-state index in [0.29, 0.717) is 18.3 Å². The number of carbonyl (C=O) groups is 1. The van der Waals surface area contributed by atoms with Crippen LogP contribution in [0.5, 0.6) is 5.75 Å². The third-order valence-electron chi connectivity index (χ3n) is 3.35. The number of aromatic nitrogens is 2. The van der Waals surface area contributed by atoms with Crippen molar-refractivity contribution < 1.29 is 14.6 Å². The summed E-state index contributed by atoms with van der Waals surface area (Å²) in [6.07, 6.45) is 3.73. The quantitative estimate of drug-likeness (QED) is 0.833. The van der Waals surface area contributed by atoms with E-state index in [4.69, 9.17) is 33.0 Å². The van der Waals surface area contributed by atoms with Crippen LogP contribution in [0, 0.1) is 5.92 Å². The van der Waals surface area contributed by atoms with Crippen LogP contribution in [0.4, 0.5) is 4.79 Å². The second-order valence-electron chi connectivity index (χ2n) is 4.76. The van der Waals surface area contributed by atoms with Gasteiger partial charge < -0.3 is 15.2 Å². The lowest BCUT2D eigenvalue weighted by Crippen LogP contribution is -2.37. The van der Waals surface area contributed by atoms with Gasteiger partial charge in [-0.3, -0.25) is 0 Å². The molecule has 6 nitrogen and oxygen atoms in total.